The lowest BCUT2D eigenvalue weighted by Crippen LogP contribution is -2.41. The highest BCUT2D eigenvalue weighted by atomic mass is 14.9. The van der Waals surface area contributed by atoms with Gasteiger partial charge in [-0.25, -0.2) is 0 Å². The predicted molar refractivity (Wildman–Crippen MR) is 70.5 cm³/mol. The average Bonchev–Trinajstić information content (AvgIpc) is 3.08. The van der Waals surface area contributed by atoms with Gasteiger partial charge >= 0.3 is 0 Å². The van der Waals surface area contributed by atoms with Crippen LogP contribution in [0.3, 0.4) is 0 Å². The van der Waals surface area contributed by atoms with Gasteiger partial charge in [0.2, 0.25) is 0 Å². The van der Waals surface area contributed by atoms with E-state index in [0.29, 0.717) is 0 Å². The van der Waals surface area contributed by atoms with E-state index in [1.165, 1.54) is 57.9 Å². The van der Waals surface area contributed by atoms with Gasteiger partial charge < -0.3 is 5.32 Å². The highest BCUT2D eigenvalue weighted by molar-refractivity contribution is 4.83. The molecule has 2 saturated carbocycles. The monoisotopic (exact) mass is 223 g/mol. The summed E-state index contributed by atoms with van der Waals surface area (Å²) in [5, 5.41) is 3.84. The molecule has 2 aliphatic rings. The average molecular weight is 223 g/mol. The lowest BCUT2D eigenvalue weighted by Gasteiger charge is -2.35. The Morgan fingerprint density at radius 2 is 1.81 bits per heavy atom. The number of nitrogens with one attached hydrogen (secondary N) is 1. The molecule has 0 spiro atoms. The van der Waals surface area contributed by atoms with Gasteiger partial charge in [0, 0.05) is 6.04 Å². The Bertz CT molecular complexity index is 196. The topological polar surface area (TPSA) is 12.0 Å². The molecule has 16 heavy (non-hydrogen) atoms. The normalized spacial score (nSPS) is 30.9. The maximum Gasteiger partial charge on any atom is 0.00977 e. The first kappa shape index (κ1) is 12.4. The summed E-state index contributed by atoms with van der Waals surface area (Å²) < 4.78 is 0. The van der Waals surface area contributed by atoms with Gasteiger partial charge in [0.15, 0.2) is 0 Å². The first-order valence-corrected chi connectivity index (χ1v) is 7.50. The number of hydrogen-bond acceptors (Lipinski definition) is 1. The Hall–Kier alpha value is -0.0400. The van der Waals surface area contributed by atoms with Gasteiger partial charge in [0.1, 0.15) is 0 Å². The Morgan fingerprint density at radius 3 is 2.50 bits per heavy atom. The third-order valence-corrected chi connectivity index (χ3v) is 4.57. The zero-order valence-corrected chi connectivity index (χ0v) is 11.2. The van der Waals surface area contributed by atoms with E-state index in [2.05, 4.69) is 19.2 Å². The summed E-state index contributed by atoms with van der Waals surface area (Å²) in [5.74, 6) is 2.91. The van der Waals surface area contributed by atoms with Crippen molar-refractivity contribution < 1.29 is 0 Å². The Labute approximate surface area is 101 Å². The molecule has 0 heterocycles. The van der Waals surface area contributed by atoms with Crippen molar-refractivity contribution in [1.82, 2.24) is 5.32 Å². The summed E-state index contributed by atoms with van der Waals surface area (Å²) in [4.78, 5) is 0. The van der Waals surface area contributed by atoms with Crippen LogP contribution in [0, 0.1) is 17.8 Å². The molecule has 1 N–H and O–H groups in total. The van der Waals surface area contributed by atoms with Gasteiger partial charge in [0.25, 0.3) is 0 Å². The molecular formula is C15H29N. The van der Waals surface area contributed by atoms with Crippen molar-refractivity contribution >= 4 is 0 Å². The molecule has 2 aliphatic carbocycles. The highest BCUT2D eigenvalue weighted by Gasteiger charge is 2.27. The van der Waals surface area contributed by atoms with Gasteiger partial charge in [0.05, 0.1) is 0 Å². The van der Waals surface area contributed by atoms with Gasteiger partial charge in [-0.05, 0) is 50.0 Å². The van der Waals surface area contributed by atoms with Gasteiger partial charge in [-0.1, -0.05) is 39.5 Å². The van der Waals surface area contributed by atoms with E-state index in [-0.39, 0.29) is 0 Å². The molecule has 2 unspecified atom stereocenters. The van der Waals surface area contributed by atoms with Crippen LogP contribution < -0.4 is 5.32 Å². The predicted octanol–water partition coefficient (Wildman–Crippen LogP) is 3.98. The second-order valence-electron chi connectivity index (χ2n) is 6.34. The molecule has 94 valence electrons. The fourth-order valence-corrected chi connectivity index (χ4v) is 3.30. The third-order valence-electron chi connectivity index (χ3n) is 4.57. The van der Waals surface area contributed by atoms with E-state index in [0.717, 1.165) is 23.8 Å². The smallest absolute Gasteiger partial charge is 0.00977 e. The lowest BCUT2D eigenvalue weighted by molar-refractivity contribution is 0.205. The van der Waals surface area contributed by atoms with Crippen molar-refractivity contribution in [3.05, 3.63) is 0 Å². The first-order valence-electron chi connectivity index (χ1n) is 7.50. The van der Waals surface area contributed by atoms with Crippen molar-refractivity contribution in [2.24, 2.45) is 17.8 Å². The molecule has 2 fully saturated rings. The molecule has 0 aromatic rings. The molecule has 1 nitrogen and oxygen atoms in total. The maximum atomic E-state index is 3.84. The minimum absolute atomic E-state index is 0.827. The van der Waals surface area contributed by atoms with Crippen LogP contribution in [0.2, 0.25) is 0 Å². The maximum absolute atomic E-state index is 3.84. The van der Waals surface area contributed by atoms with Gasteiger partial charge in [-0.2, -0.15) is 0 Å². The van der Waals surface area contributed by atoms with Crippen LogP contribution in [0.25, 0.3) is 0 Å². The second-order valence-corrected chi connectivity index (χ2v) is 6.34. The van der Waals surface area contributed by atoms with Crippen LogP contribution in [-0.4, -0.2) is 12.6 Å². The molecule has 2 rings (SSSR count). The minimum atomic E-state index is 0.827. The van der Waals surface area contributed by atoms with Crippen LogP contribution in [-0.2, 0) is 0 Å². The Morgan fingerprint density at radius 1 is 1.06 bits per heavy atom. The highest BCUT2D eigenvalue weighted by Crippen LogP contribution is 2.33. The van der Waals surface area contributed by atoms with Crippen LogP contribution in [0.1, 0.15) is 65.2 Å². The van der Waals surface area contributed by atoms with E-state index < -0.39 is 0 Å². The molecule has 0 saturated heterocycles. The van der Waals surface area contributed by atoms with Crippen molar-refractivity contribution in [1.29, 1.82) is 0 Å². The fourth-order valence-electron chi connectivity index (χ4n) is 3.30. The quantitative estimate of drug-likeness (QED) is 0.672. The first-order chi connectivity index (χ1) is 7.77. The number of hydrogen-bond donors (Lipinski definition) is 1. The molecule has 0 bridgehead atoms. The fraction of sp³-hybridized carbons (Fsp3) is 1.00. The van der Waals surface area contributed by atoms with Crippen molar-refractivity contribution in [3.8, 4) is 0 Å². The van der Waals surface area contributed by atoms with E-state index in [9.17, 15) is 0 Å². The van der Waals surface area contributed by atoms with Crippen molar-refractivity contribution in [2.45, 2.75) is 71.3 Å². The summed E-state index contributed by atoms with van der Waals surface area (Å²) in [6.45, 7) is 6.06. The molecule has 0 aromatic heterocycles. The molecule has 1 heteroatoms. The third kappa shape index (κ3) is 3.76. The minimum Gasteiger partial charge on any atom is -0.314 e. The summed E-state index contributed by atoms with van der Waals surface area (Å²) in [5.41, 5.74) is 0. The largest absolute Gasteiger partial charge is 0.314 e. The number of rotatable bonds is 6. The zero-order valence-electron chi connectivity index (χ0n) is 11.2. The summed E-state index contributed by atoms with van der Waals surface area (Å²) in [6, 6.07) is 0.827. The molecule has 2 atom stereocenters. The zero-order chi connectivity index (χ0) is 11.4. The van der Waals surface area contributed by atoms with Gasteiger partial charge in [-0.3, -0.25) is 0 Å². The van der Waals surface area contributed by atoms with E-state index in [4.69, 9.17) is 0 Å². The van der Waals surface area contributed by atoms with Crippen molar-refractivity contribution in [3.63, 3.8) is 0 Å². The van der Waals surface area contributed by atoms with Crippen LogP contribution in [0.15, 0.2) is 0 Å². The molecule has 0 aliphatic heterocycles. The summed E-state index contributed by atoms with van der Waals surface area (Å²) in [7, 11) is 0. The summed E-state index contributed by atoms with van der Waals surface area (Å²) >= 11 is 0. The van der Waals surface area contributed by atoms with E-state index in [1.54, 1.807) is 0 Å². The van der Waals surface area contributed by atoms with Crippen LogP contribution in [0.4, 0.5) is 0 Å². The molecule has 0 aromatic carbocycles. The standard InChI is InChI=1S/C15H29N/c1-12(2)14-7-3-4-8-15(14)16-11-5-6-13-9-10-13/h12-16H,3-11H2,1-2H3. The lowest BCUT2D eigenvalue weighted by atomic mass is 9.78. The van der Waals surface area contributed by atoms with E-state index >= 15 is 0 Å². The van der Waals surface area contributed by atoms with Crippen LogP contribution in [0.5, 0.6) is 0 Å². The van der Waals surface area contributed by atoms with Crippen molar-refractivity contribution in [2.75, 3.05) is 6.54 Å². The second kappa shape index (κ2) is 6.05. The molecule has 0 amide bonds. The molecule has 0 radical (unpaired) electrons. The van der Waals surface area contributed by atoms with E-state index in [1.807, 2.05) is 0 Å². The molecular weight excluding hydrogens is 194 g/mol. The summed E-state index contributed by atoms with van der Waals surface area (Å²) in [6.07, 6.45) is 11.7. The Balaban J connectivity index is 1.64. The van der Waals surface area contributed by atoms with Crippen LogP contribution >= 0.6 is 0 Å². The SMILES string of the molecule is CC(C)C1CCCCC1NCCCC1CC1. The Kier molecular flexibility index (Phi) is 4.69. The van der Waals surface area contributed by atoms with Gasteiger partial charge in [-0.15, -0.1) is 0 Å².